The Morgan fingerprint density at radius 1 is 1.00 bits per heavy atom. The minimum atomic E-state index is -1.25. The molecule has 0 aliphatic rings. The molecule has 0 aromatic heterocycles. The van der Waals surface area contributed by atoms with Crippen molar-refractivity contribution < 1.29 is 0 Å². The zero-order chi connectivity index (χ0) is 9.03. The minimum absolute atomic E-state index is 1.08. The van der Waals surface area contributed by atoms with Crippen molar-refractivity contribution in [2.24, 2.45) is 0 Å². The van der Waals surface area contributed by atoms with Crippen LogP contribution in [0.1, 0.15) is 0 Å². The van der Waals surface area contributed by atoms with Gasteiger partial charge in [0.2, 0.25) is 3.12 Å². The second kappa shape index (κ2) is 4.87. The molecule has 0 saturated heterocycles. The Morgan fingerprint density at radius 3 is 2.08 bits per heavy atom. The molecule has 0 nitrogen and oxygen atoms in total. The fourth-order valence-corrected chi connectivity index (χ4v) is 2.79. The largest absolute Gasteiger partial charge is 0.247 e. The first-order valence-corrected chi connectivity index (χ1v) is 6.34. The summed E-state index contributed by atoms with van der Waals surface area (Å²) in [6.45, 7) is 0. The Kier molecular flexibility index (Phi) is 4.41. The Hall–Kier alpha value is 0.790. The highest BCUT2D eigenvalue weighted by Gasteiger charge is 2.20. The predicted octanol–water partition coefficient (Wildman–Crippen LogP) is 4.75. The van der Waals surface area contributed by atoms with E-state index in [2.05, 4.69) is 0 Å². The highest BCUT2D eigenvalue weighted by atomic mass is 35.6. The van der Waals surface area contributed by atoms with E-state index >= 15 is 0 Å². The lowest BCUT2D eigenvalue weighted by Crippen LogP contribution is -1.88. The van der Waals surface area contributed by atoms with Gasteiger partial charge in [-0.1, -0.05) is 63.8 Å². The summed E-state index contributed by atoms with van der Waals surface area (Å²) in [6.07, 6.45) is 0. The Bertz CT molecular complexity index is 232. The molecule has 0 fully saturated rings. The molecule has 0 atom stereocenters. The van der Waals surface area contributed by atoms with Crippen molar-refractivity contribution in [3.05, 3.63) is 30.3 Å². The quantitative estimate of drug-likeness (QED) is 0.555. The van der Waals surface area contributed by atoms with Crippen LogP contribution in [0, 0.1) is 0 Å². The normalized spacial score (nSPS) is 11.6. The van der Waals surface area contributed by atoms with Crippen molar-refractivity contribution in [1.29, 1.82) is 0 Å². The van der Waals surface area contributed by atoms with Gasteiger partial charge in [0.25, 0.3) is 0 Å². The molecule has 0 bridgehead atoms. The molecular formula is C7H5Cl3S2. The third-order valence-electron chi connectivity index (χ3n) is 0.976. The van der Waals surface area contributed by atoms with E-state index in [-0.39, 0.29) is 0 Å². The number of alkyl halides is 3. The summed E-state index contributed by atoms with van der Waals surface area (Å²) in [5.74, 6) is 0. The van der Waals surface area contributed by atoms with Crippen LogP contribution in [-0.2, 0) is 0 Å². The molecule has 66 valence electrons. The molecule has 12 heavy (non-hydrogen) atoms. The molecule has 1 aromatic rings. The van der Waals surface area contributed by atoms with Crippen molar-refractivity contribution >= 4 is 56.4 Å². The van der Waals surface area contributed by atoms with E-state index < -0.39 is 3.12 Å². The fourth-order valence-electron chi connectivity index (χ4n) is 0.571. The maximum absolute atomic E-state index is 5.56. The molecular weight excluding hydrogens is 255 g/mol. The first-order chi connectivity index (χ1) is 5.58. The molecule has 0 N–H and O–H groups in total. The van der Waals surface area contributed by atoms with E-state index in [1.165, 1.54) is 21.6 Å². The fraction of sp³-hybridized carbons (Fsp3) is 0.143. The highest BCUT2D eigenvalue weighted by Crippen LogP contribution is 2.48. The molecule has 0 unspecified atom stereocenters. The van der Waals surface area contributed by atoms with Crippen LogP contribution in [0.25, 0.3) is 0 Å². The van der Waals surface area contributed by atoms with Gasteiger partial charge in [-0.2, -0.15) is 0 Å². The van der Waals surface area contributed by atoms with Crippen molar-refractivity contribution in [2.75, 3.05) is 0 Å². The molecule has 0 aliphatic carbocycles. The summed E-state index contributed by atoms with van der Waals surface area (Å²) >= 11 is 16.7. The average Bonchev–Trinajstić information content (AvgIpc) is 2.02. The lowest BCUT2D eigenvalue weighted by Gasteiger charge is -2.07. The second-order valence-corrected chi connectivity index (χ2v) is 7.30. The van der Waals surface area contributed by atoms with Crippen LogP contribution >= 0.6 is 56.4 Å². The first-order valence-electron chi connectivity index (χ1n) is 3.05. The Balaban J connectivity index is 2.44. The zero-order valence-corrected chi connectivity index (χ0v) is 9.74. The maximum atomic E-state index is 5.56. The number of hydrogen-bond donors (Lipinski definition) is 0. The number of benzene rings is 1. The van der Waals surface area contributed by atoms with Crippen molar-refractivity contribution in [3.8, 4) is 0 Å². The Morgan fingerprint density at radius 2 is 1.58 bits per heavy atom. The van der Waals surface area contributed by atoms with Gasteiger partial charge >= 0.3 is 0 Å². The van der Waals surface area contributed by atoms with Crippen molar-refractivity contribution in [2.45, 2.75) is 8.02 Å². The summed E-state index contributed by atoms with van der Waals surface area (Å²) in [6, 6.07) is 9.77. The third-order valence-corrected chi connectivity index (χ3v) is 4.81. The minimum Gasteiger partial charge on any atom is -0.0710 e. The van der Waals surface area contributed by atoms with Gasteiger partial charge < -0.3 is 0 Å². The van der Waals surface area contributed by atoms with Crippen LogP contribution in [0.4, 0.5) is 0 Å². The van der Waals surface area contributed by atoms with E-state index in [4.69, 9.17) is 34.8 Å². The molecule has 1 rings (SSSR count). The summed E-state index contributed by atoms with van der Waals surface area (Å²) in [5.41, 5.74) is 0. The van der Waals surface area contributed by atoms with Crippen LogP contribution in [0.3, 0.4) is 0 Å². The molecule has 0 saturated carbocycles. The first kappa shape index (κ1) is 10.9. The third kappa shape index (κ3) is 4.73. The summed E-state index contributed by atoms with van der Waals surface area (Å²) in [5, 5.41) is 0. The van der Waals surface area contributed by atoms with E-state index in [9.17, 15) is 0 Å². The van der Waals surface area contributed by atoms with Gasteiger partial charge in [0.15, 0.2) is 0 Å². The lowest BCUT2D eigenvalue weighted by molar-refractivity contribution is 1.48. The maximum Gasteiger partial charge on any atom is 0.247 e. The van der Waals surface area contributed by atoms with Crippen LogP contribution in [0.2, 0.25) is 0 Å². The van der Waals surface area contributed by atoms with Gasteiger partial charge in [-0.15, -0.1) is 0 Å². The summed E-state index contributed by atoms with van der Waals surface area (Å²) < 4.78 is -1.25. The van der Waals surface area contributed by atoms with E-state index in [1.807, 2.05) is 30.3 Å². The van der Waals surface area contributed by atoms with Crippen LogP contribution in [0.15, 0.2) is 35.2 Å². The van der Waals surface area contributed by atoms with Crippen molar-refractivity contribution in [3.63, 3.8) is 0 Å². The van der Waals surface area contributed by atoms with E-state index in [1.54, 1.807) is 0 Å². The molecule has 0 amide bonds. The topological polar surface area (TPSA) is 0 Å². The average molecular weight is 260 g/mol. The van der Waals surface area contributed by atoms with Crippen LogP contribution in [0.5, 0.6) is 0 Å². The van der Waals surface area contributed by atoms with Gasteiger partial charge in [0, 0.05) is 4.90 Å². The van der Waals surface area contributed by atoms with Crippen LogP contribution < -0.4 is 0 Å². The number of rotatable bonds is 2. The second-order valence-electron chi connectivity index (χ2n) is 1.93. The van der Waals surface area contributed by atoms with Crippen LogP contribution in [-0.4, -0.2) is 3.12 Å². The lowest BCUT2D eigenvalue weighted by atomic mass is 10.4. The molecule has 0 heterocycles. The van der Waals surface area contributed by atoms with Gasteiger partial charge in [-0.05, 0) is 22.9 Å². The molecule has 1 aromatic carbocycles. The van der Waals surface area contributed by atoms with E-state index in [0.29, 0.717) is 0 Å². The summed E-state index contributed by atoms with van der Waals surface area (Å²) in [4.78, 5) is 1.08. The molecule has 5 heteroatoms. The van der Waals surface area contributed by atoms with E-state index in [0.717, 1.165) is 4.90 Å². The van der Waals surface area contributed by atoms with Gasteiger partial charge in [-0.3, -0.25) is 0 Å². The van der Waals surface area contributed by atoms with Gasteiger partial charge in [0.05, 0.1) is 0 Å². The zero-order valence-electron chi connectivity index (χ0n) is 5.84. The molecule has 0 radical (unpaired) electrons. The summed E-state index contributed by atoms with van der Waals surface area (Å²) in [7, 11) is 2.65. The SMILES string of the molecule is ClC(Cl)(Cl)SSc1ccccc1. The van der Waals surface area contributed by atoms with Gasteiger partial charge in [0.1, 0.15) is 0 Å². The van der Waals surface area contributed by atoms with Crippen molar-refractivity contribution in [1.82, 2.24) is 0 Å². The molecule has 0 aliphatic heterocycles. The highest BCUT2D eigenvalue weighted by molar-refractivity contribution is 8.78. The molecule has 0 spiro atoms. The number of hydrogen-bond acceptors (Lipinski definition) is 2. The smallest absolute Gasteiger partial charge is 0.0710 e. The standard InChI is InChI=1S/C7H5Cl3S2/c8-7(9,10)12-11-6-4-2-1-3-5-6/h1-5H. The van der Waals surface area contributed by atoms with Gasteiger partial charge in [-0.25, -0.2) is 0 Å². The monoisotopic (exact) mass is 258 g/mol. The number of halogens is 3. The Labute approximate surface area is 94.4 Å². The predicted molar refractivity (Wildman–Crippen MR) is 60.2 cm³/mol.